The molecule has 146 valence electrons. The number of aromatic nitrogens is 1. The average molecular weight is 378 g/mol. The van der Waals surface area contributed by atoms with Gasteiger partial charge in [-0.1, -0.05) is 18.2 Å². The monoisotopic (exact) mass is 378 g/mol. The van der Waals surface area contributed by atoms with Crippen molar-refractivity contribution in [1.29, 1.82) is 0 Å². The molecule has 1 saturated heterocycles. The highest BCUT2D eigenvalue weighted by molar-refractivity contribution is 5.95. The Hall–Kier alpha value is -2.99. The predicted octanol–water partition coefficient (Wildman–Crippen LogP) is 3.18. The molecule has 0 aliphatic carbocycles. The number of hydrogen-bond donors (Lipinski definition) is 2. The van der Waals surface area contributed by atoms with Crippen molar-refractivity contribution < 1.29 is 9.53 Å². The molecule has 2 aromatic carbocycles. The largest absolute Gasteiger partial charge is 0.495 e. The van der Waals surface area contributed by atoms with E-state index in [1.54, 1.807) is 7.11 Å². The minimum Gasteiger partial charge on any atom is -0.495 e. The molecule has 3 aromatic rings. The first kappa shape index (κ1) is 18.4. The van der Waals surface area contributed by atoms with Crippen molar-refractivity contribution >= 4 is 22.5 Å². The maximum atomic E-state index is 12.9. The molecule has 6 nitrogen and oxygen atoms in total. The molecule has 2 N–H and O–H groups in total. The number of carbonyl (C=O) groups excluding carboxylic acids is 1. The number of amides is 1. The number of aromatic amines is 1. The van der Waals surface area contributed by atoms with Crippen LogP contribution in [0.5, 0.6) is 5.75 Å². The molecule has 0 atom stereocenters. The summed E-state index contributed by atoms with van der Waals surface area (Å²) in [5.41, 5.74) is 3.80. The molecule has 0 saturated carbocycles. The highest BCUT2D eigenvalue weighted by Crippen LogP contribution is 2.28. The highest BCUT2D eigenvalue weighted by Gasteiger charge is 2.21. The van der Waals surface area contributed by atoms with E-state index in [0.717, 1.165) is 43.1 Å². The van der Waals surface area contributed by atoms with Crippen molar-refractivity contribution in [2.24, 2.45) is 0 Å². The van der Waals surface area contributed by atoms with Crippen LogP contribution in [0.3, 0.4) is 0 Å². The number of methoxy groups -OCH3 is 1. The summed E-state index contributed by atoms with van der Waals surface area (Å²) in [6, 6.07) is 13.9. The maximum absolute atomic E-state index is 12.9. The van der Waals surface area contributed by atoms with Gasteiger partial charge in [-0.2, -0.15) is 0 Å². The van der Waals surface area contributed by atoms with Crippen LogP contribution in [0.4, 0.5) is 5.69 Å². The number of piperazine rings is 1. The van der Waals surface area contributed by atoms with Crippen LogP contribution >= 0.6 is 0 Å². The fourth-order valence-electron chi connectivity index (χ4n) is 3.66. The third-order valence-corrected chi connectivity index (χ3v) is 5.38. The Labute approximate surface area is 165 Å². The number of anilines is 1. The number of nitrogens with one attached hydrogen (secondary N) is 2. The zero-order valence-electron chi connectivity index (χ0n) is 16.4. The fourth-order valence-corrected chi connectivity index (χ4v) is 3.66. The van der Waals surface area contributed by atoms with Crippen LogP contribution in [0.2, 0.25) is 0 Å². The second kappa shape index (κ2) is 7.94. The Bertz CT molecular complexity index is 974. The van der Waals surface area contributed by atoms with E-state index in [1.165, 1.54) is 10.9 Å². The van der Waals surface area contributed by atoms with E-state index in [1.807, 2.05) is 29.3 Å². The first-order valence-electron chi connectivity index (χ1n) is 9.60. The van der Waals surface area contributed by atoms with Gasteiger partial charge in [-0.05, 0) is 42.3 Å². The van der Waals surface area contributed by atoms with E-state index < -0.39 is 0 Å². The van der Waals surface area contributed by atoms with Gasteiger partial charge in [0.2, 0.25) is 0 Å². The molecule has 6 heteroatoms. The standard InChI is InChI=1S/C22H26N4O2/c1-25-10-12-26(13-11-25)22(27)17-6-7-20(28-2)19(14-17)24-15-18-5-3-4-16-8-9-23-21(16)18/h3-9,14,23-24H,10-13,15H2,1-2H3. The van der Waals surface area contributed by atoms with Gasteiger partial charge in [-0.25, -0.2) is 0 Å². The van der Waals surface area contributed by atoms with E-state index in [-0.39, 0.29) is 5.91 Å². The summed E-state index contributed by atoms with van der Waals surface area (Å²) in [5.74, 6) is 0.805. The number of rotatable bonds is 5. The summed E-state index contributed by atoms with van der Waals surface area (Å²) in [5, 5.41) is 4.63. The lowest BCUT2D eigenvalue weighted by Gasteiger charge is -2.32. The van der Waals surface area contributed by atoms with Crippen LogP contribution in [0, 0.1) is 0 Å². The summed E-state index contributed by atoms with van der Waals surface area (Å²) in [7, 11) is 3.73. The van der Waals surface area contributed by atoms with Crippen LogP contribution in [0.1, 0.15) is 15.9 Å². The van der Waals surface area contributed by atoms with Gasteiger partial charge in [0.25, 0.3) is 5.91 Å². The first-order chi connectivity index (χ1) is 13.7. The van der Waals surface area contributed by atoms with Crippen LogP contribution in [-0.2, 0) is 6.54 Å². The minimum absolute atomic E-state index is 0.0743. The molecule has 1 aliphatic rings. The third kappa shape index (κ3) is 3.68. The van der Waals surface area contributed by atoms with E-state index in [9.17, 15) is 4.79 Å². The van der Waals surface area contributed by atoms with Gasteiger partial charge in [0.05, 0.1) is 18.3 Å². The number of nitrogens with zero attached hydrogens (tertiary/aromatic N) is 2. The van der Waals surface area contributed by atoms with Crippen LogP contribution in [-0.4, -0.2) is 61.0 Å². The fraction of sp³-hybridized carbons (Fsp3) is 0.318. The molecule has 1 aromatic heterocycles. The molecule has 28 heavy (non-hydrogen) atoms. The van der Waals surface area contributed by atoms with E-state index in [0.29, 0.717) is 12.1 Å². The summed E-state index contributed by atoms with van der Waals surface area (Å²) >= 11 is 0. The normalized spacial score (nSPS) is 15.0. The predicted molar refractivity (Wildman–Crippen MR) is 112 cm³/mol. The number of fused-ring (bicyclic) bond motifs is 1. The Kier molecular flexibility index (Phi) is 5.21. The number of H-pyrrole nitrogens is 1. The zero-order chi connectivity index (χ0) is 19.5. The van der Waals surface area contributed by atoms with Crippen LogP contribution < -0.4 is 10.1 Å². The first-order valence-corrected chi connectivity index (χ1v) is 9.60. The second-order valence-electron chi connectivity index (χ2n) is 7.22. The summed E-state index contributed by atoms with van der Waals surface area (Å²) in [6.45, 7) is 3.98. The summed E-state index contributed by atoms with van der Waals surface area (Å²) in [4.78, 5) is 20.4. The van der Waals surface area contributed by atoms with Crippen molar-refractivity contribution in [1.82, 2.24) is 14.8 Å². The maximum Gasteiger partial charge on any atom is 0.254 e. The van der Waals surface area contributed by atoms with E-state index in [2.05, 4.69) is 46.5 Å². The van der Waals surface area contributed by atoms with Gasteiger partial charge in [-0.3, -0.25) is 4.79 Å². The van der Waals surface area contributed by atoms with Gasteiger partial charge in [-0.15, -0.1) is 0 Å². The molecule has 1 amide bonds. The molecular formula is C22H26N4O2. The lowest BCUT2D eigenvalue weighted by molar-refractivity contribution is 0.0664. The van der Waals surface area contributed by atoms with Gasteiger partial charge in [0, 0.05) is 44.5 Å². The second-order valence-corrected chi connectivity index (χ2v) is 7.22. The zero-order valence-corrected chi connectivity index (χ0v) is 16.4. The molecule has 4 rings (SSSR count). The van der Waals surface area contributed by atoms with Crippen molar-refractivity contribution in [3.63, 3.8) is 0 Å². The quantitative estimate of drug-likeness (QED) is 0.716. The Balaban J connectivity index is 1.53. The molecule has 0 spiro atoms. The molecule has 0 bridgehead atoms. The molecular weight excluding hydrogens is 352 g/mol. The highest BCUT2D eigenvalue weighted by atomic mass is 16.5. The lowest BCUT2D eigenvalue weighted by Crippen LogP contribution is -2.47. The van der Waals surface area contributed by atoms with E-state index >= 15 is 0 Å². The topological polar surface area (TPSA) is 60.6 Å². The van der Waals surface area contributed by atoms with Crippen molar-refractivity contribution in [2.75, 3.05) is 45.7 Å². The van der Waals surface area contributed by atoms with Gasteiger partial charge < -0.3 is 24.8 Å². The number of para-hydroxylation sites is 1. The number of hydrogen-bond acceptors (Lipinski definition) is 4. The lowest BCUT2D eigenvalue weighted by atomic mass is 10.1. The summed E-state index contributed by atoms with van der Waals surface area (Å²) < 4.78 is 5.50. The number of carbonyl (C=O) groups is 1. The van der Waals surface area contributed by atoms with E-state index in [4.69, 9.17) is 4.74 Å². The molecule has 1 fully saturated rings. The van der Waals surface area contributed by atoms with Gasteiger partial charge >= 0.3 is 0 Å². The Morgan fingerprint density at radius 1 is 1.14 bits per heavy atom. The Morgan fingerprint density at radius 3 is 2.75 bits per heavy atom. The molecule has 0 radical (unpaired) electrons. The number of benzene rings is 2. The number of ether oxygens (including phenoxy) is 1. The summed E-state index contributed by atoms with van der Waals surface area (Å²) in [6.07, 6.45) is 1.95. The molecule has 2 heterocycles. The average Bonchev–Trinajstić information content (AvgIpc) is 3.21. The smallest absolute Gasteiger partial charge is 0.254 e. The van der Waals surface area contributed by atoms with Crippen LogP contribution in [0.15, 0.2) is 48.7 Å². The van der Waals surface area contributed by atoms with Gasteiger partial charge in [0.15, 0.2) is 0 Å². The van der Waals surface area contributed by atoms with Crippen molar-refractivity contribution in [3.8, 4) is 5.75 Å². The Morgan fingerprint density at radius 2 is 1.96 bits per heavy atom. The number of likely N-dealkylation sites (N-methyl/N-ethyl adjacent to an activating group) is 1. The van der Waals surface area contributed by atoms with Crippen molar-refractivity contribution in [3.05, 3.63) is 59.8 Å². The molecule has 0 unspecified atom stereocenters. The third-order valence-electron chi connectivity index (χ3n) is 5.38. The van der Waals surface area contributed by atoms with Gasteiger partial charge in [0.1, 0.15) is 5.75 Å². The minimum atomic E-state index is 0.0743. The van der Waals surface area contributed by atoms with Crippen LogP contribution in [0.25, 0.3) is 10.9 Å². The SMILES string of the molecule is COc1ccc(C(=O)N2CCN(C)CC2)cc1NCc1cccc2cc[nH]c12. The van der Waals surface area contributed by atoms with Crippen molar-refractivity contribution in [2.45, 2.75) is 6.54 Å². The molecule has 1 aliphatic heterocycles.